The zero-order chi connectivity index (χ0) is 13.9. The predicted octanol–water partition coefficient (Wildman–Crippen LogP) is 2.06. The number of urea groups is 1. The molecule has 2 fully saturated rings. The van der Waals surface area contributed by atoms with E-state index in [1.165, 1.54) is 0 Å². The van der Waals surface area contributed by atoms with Crippen LogP contribution in [-0.2, 0) is 6.54 Å². The Hall–Kier alpha value is -1.55. The number of nitrogens with one attached hydrogen (secondary N) is 1. The van der Waals surface area contributed by atoms with Gasteiger partial charge in [-0.25, -0.2) is 4.79 Å². The maximum atomic E-state index is 12.5. The Labute approximate surface area is 120 Å². The van der Waals surface area contributed by atoms with Crippen LogP contribution < -0.4 is 5.32 Å². The maximum Gasteiger partial charge on any atom is 0.318 e. The average Bonchev–Trinajstić information content (AvgIpc) is 2.77. The highest BCUT2D eigenvalue weighted by molar-refractivity contribution is 5.75. The third kappa shape index (κ3) is 2.80. The molecule has 0 radical (unpaired) electrons. The molecule has 3 rings (SSSR count). The van der Waals surface area contributed by atoms with Gasteiger partial charge in [0, 0.05) is 25.2 Å². The van der Waals surface area contributed by atoms with Crippen LogP contribution in [0.1, 0.15) is 24.8 Å². The highest BCUT2D eigenvalue weighted by atomic mass is 16.2. The van der Waals surface area contributed by atoms with Crippen molar-refractivity contribution < 1.29 is 4.79 Å². The molecule has 2 bridgehead atoms. The molecule has 0 aromatic heterocycles. The van der Waals surface area contributed by atoms with Crippen LogP contribution in [0, 0.1) is 0 Å². The van der Waals surface area contributed by atoms with Crippen molar-refractivity contribution in [3.63, 3.8) is 0 Å². The lowest BCUT2D eigenvalue weighted by atomic mass is 10.1. The Morgan fingerprint density at radius 2 is 1.95 bits per heavy atom. The van der Waals surface area contributed by atoms with Crippen molar-refractivity contribution in [1.82, 2.24) is 15.1 Å². The summed E-state index contributed by atoms with van der Waals surface area (Å²) in [6.07, 6.45) is 3.41. The summed E-state index contributed by atoms with van der Waals surface area (Å²) in [4.78, 5) is 16.9. The zero-order valence-corrected chi connectivity index (χ0v) is 12.1. The number of hydrogen-bond acceptors (Lipinski definition) is 2. The highest BCUT2D eigenvalue weighted by Gasteiger charge is 2.39. The van der Waals surface area contributed by atoms with Crippen molar-refractivity contribution in [3.8, 4) is 0 Å². The molecule has 0 spiro atoms. The molecular formula is C16H23N3O. The minimum Gasteiger partial charge on any atom is -0.334 e. The highest BCUT2D eigenvalue weighted by Crippen LogP contribution is 2.29. The van der Waals surface area contributed by atoms with Crippen LogP contribution in [0.5, 0.6) is 0 Å². The molecule has 2 aliphatic rings. The van der Waals surface area contributed by atoms with Gasteiger partial charge in [0.05, 0.1) is 0 Å². The van der Waals surface area contributed by atoms with Crippen LogP contribution in [0.2, 0.25) is 0 Å². The molecule has 4 heteroatoms. The number of carbonyl (C=O) groups is 1. The molecule has 2 aliphatic heterocycles. The summed E-state index contributed by atoms with van der Waals surface area (Å²) in [7, 11) is 2.15. The largest absolute Gasteiger partial charge is 0.334 e. The normalized spacial score (nSPS) is 26.4. The van der Waals surface area contributed by atoms with Crippen LogP contribution in [0.3, 0.4) is 0 Å². The summed E-state index contributed by atoms with van der Waals surface area (Å²) < 4.78 is 0. The van der Waals surface area contributed by atoms with Gasteiger partial charge in [0.2, 0.25) is 0 Å². The second-order valence-corrected chi connectivity index (χ2v) is 5.99. The molecule has 1 aromatic carbocycles. The van der Waals surface area contributed by atoms with E-state index in [-0.39, 0.29) is 6.03 Å². The van der Waals surface area contributed by atoms with Gasteiger partial charge in [-0.2, -0.15) is 0 Å². The third-order valence-corrected chi connectivity index (χ3v) is 4.51. The smallest absolute Gasteiger partial charge is 0.318 e. The van der Waals surface area contributed by atoms with E-state index in [0.29, 0.717) is 18.6 Å². The molecule has 4 nitrogen and oxygen atoms in total. The molecule has 2 heterocycles. The Bertz CT molecular complexity index is 462. The van der Waals surface area contributed by atoms with Crippen LogP contribution in [0.4, 0.5) is 4.79 Å². The first-order chi connectivity index (χ1) is 9.74. The Morgan fingerprint density at radius 3 is 2.75 bits per heavy atom. The average molecular weight is 273 g/mol. The molecular weight excluding hydrogens is 250 g/mol. The van der Waals surface area contributed by atoms with Gasteiger partial charge in [0.25, 0.3) is 0 Å². The molecule has 0 saturated carbocycles. The first-order valence-corrected chi connectivity index (χ1v) is 7.52. The molecule has 2 saturated heterocycles. The Kier molecular flexibility index (Phi) is 3.92. The summed E-state index contributed by atoms with van der Waals surface area (Å²) in [5.41, 5.74) is 1.15. The minimum absolute atomic E-state index is 0.108. The van der Waals surface area contributed by atoms with E-state index < -0.39 is 0 Å². The first-order valence-electron chi connectivity index (χ1n) is 7.52. The van der Waals surface area contributed by atoms with Crippen molar-refractivity contribution in [2.24, 2.45) is 0 Å². The van der Waals surface area contributed by atoms with E-state index in [2.05, 4.69) is 22.2 Å². The lowest BCUT2D eigenvalue weighted by molar-refractivity contribution is 0.172. The van der Waals surface area contributed by atoms with Crippen LogP contribution in [0.15, 0.2) is 30.3 Å². The summed E-state index contributed by atoms with van der Waals surface area (Å²) in [6, 6.07) is 11.0. The number of carbonyl (C=O) groups excluding carboxylic acids is 1. The van der Waals surface area contributed by atoms with E-state index in [9.17, 15) is 4.79 Å². The molecule has 1 N–H and O–H groups in total. The van der Waals surface area contributed by atoms with E-state index in [0.717, 1.165) is 37.9 Å². The molecule has 0 aliphatic carbocycles. The third-order valence-electron chi connectivity index (χ3n) is 4.51. The van der Waals surface area contributed by atoms with Gasteiger partial charge in [-0.1, -0.05) is 30.3 Å². The van der Waals surface area contributed by atoms with Crippen LogP contribution in [0.25, 0.3) is 0 Å². The fraction of sp³-hybridized carbons (Fsp3) is 0.562. The summed E-state index contributed by atoms with van der Waals surface area (Å²) in [5.74, 6) is 0. The van der Waals surface area contributed by atoms with Crippen LogP contribution in [-0.4, -0.2) is 48.1 Å². The SMILES string of the molecule is CN1CCC2CCC(C1)N2C(=O)NCc1ccccc1. The Balaban J connectivity index is 1.62. The molecule has 108 valence electrons. The molecule has 2 atom stereocenters. The van der Waals surface area contributed by atoms with E-state index in [4.69, 9.17) is 0 Å². The zero-order valence-electron chi connectivity index (χ0n) is 12.1. The van der Waals surface area contributed by atoms with Gasteiger partial charge in [-0.3, -0.25) is 0 Å². The number of amides is 2. The molecule has 1 aromatic rings. The van der Waals surface area contributed by atoms with Crippen molar-refractivity contribution in [3.05, 3.63) is 35.9 Å². The lowest BCUT2D eigenvalue weighted by Crippen LogP contribution is -2.47. The predicted molar refractivity (Wildman–Crippen MR) is 79.4 cm³/mol. The number of rotatable bonds is 2. The second kappa shape index (κ2) is 5.83. The summed E-state index contributed by atoms with van der Waals surface area (Å²) in [6.45, 7) is 2.73. The van der Waals surface area contributed by atoms with Gasteiger partial charge >= 0.3 is 6.03 Å². The monoisotopic (exact) mass is 273 g/mol. The van der Waals surface area contributed by atoms with E-state index in [1.807, 2.05) is 30.3 Å². The molecule has 2 amide bonds. The van der Waals surface area contributed by atoms with E-state index in [1.54, 1.807) is 0 Å². The van der Waals surface area contributed by atoms with Gasteiger partial charge < -0.3 is 15.1 Å². The summed E-state index contributed by atoms with van der Waals surface area (Å²) in [5, 5.41) is 3.08. The maximum absolute atomic E-state index is 12.5. The summed E-state index contributed by atoms with van der Waals surface area (Å²) >= 11 is 0. The van der Waals surface area contributed by atoms with Gasteiger partial charge in [-0.15, -0.1) is 0 Å². The second-order valence-electron chi connectivity index (χ2n) is 5.99. The number of hydrogen-bond donors (Lipinski definition) is 1. The van der Waals surface area contributed by atoms with Crippen molar-refractivity contribution in [2.45, 2.75) is 37.9 Å². The lowest BCUT2D eigenvalue weighted by Gasteiger charge is -2.28. The van der Waals surface area contributed by atoms with E-state index >= 15 is 0 Å². The van der Waals surface area contributed by atoms with Gasteiger partial charge in [0.1, 0.15) is 0 Å². The van der Waals surface area contributed by atoms with Crippen molar-refractivity contribution in [1.29, 1.82) is 0 Å². The minimum atomic E-state index is 0.108. The van der Waals surface area contributed by atoms with Gasteiger partial charge in [0.15, 0.2) is 0 Å². The molecule has 20 heavy (non-hydrogen) atoms. The number of nitrogens with zero attached hydrogens (tertiary/aromatic N) is 2. The standard InChI is InChI=1S/C16H23N3O/c1-18-10-9-14-7-8-15(12-18)19(14)16(20)17-11-13-5-3-2-4-6-13/h2-6,14-15H,7-12H2,1H3,(H,17,20). The fourth-order valence-corrected chi connectivity index (χ4v) is 3.44. The number of likely N-dealkylation sites (tertiary alicyclic amines) is 1. The first kappa shape index (κ1) is 13.4. The number of fused-ring (bicyclic) bond motifs is 2. The van der Waals surface area contributed by atoms with Crippen molar-refractivity contribution in [2.75, 3.05) is 20.1 Å². The topological polar surface area (TPSA) is 35.6 Å². The Morgan fingerprint density at radius 1 is 1.20 bits per heavy atom. The van der Waals surface area contributed by atoms with Crippen molar-refractivity contribution >= 4 is 6.03 Å². The molecule has 2 unspecified atom stereocenters. The van der Waals surface area contributed by atoms with Gasteiger partial charge in [-0.05, 0) is 38.4 Å². The van der Waals surface area contributed by atoms with Crippen LogP contribution >= 0.6 is 0 Å². The number of likely N-dealkylation sites (N-methyl/N-ethyl adjacent to an activating group) is 1. The quantitative estimate of drug-likeness (QED) is 0.895. The number of benzene rings is 1. The fourth-order valence-electron chi connectivity index (χ4n) is 3.44.